The van der Waals surface area contributed by atoms with Crippen LogP contribution in [0, 0.1) is 0 Å². The predicted octanol–water partition coefficient (Wildman–Crippen LogP) is 16.8. The summed E-state index contributed by atoms with van der Waals surface area (Å²) in [5.41, 5.74) is 15.9. The van der Waals surface area contributed by atoms with Gasteiger partial charge in [0.05, 0.1) is 5.69 Å². The van der Waals surface area contributed by atoms with Gasteiger partial charge in [0.2, 0.25) is 0 Å². The van der Waals surface area contributed by atoms with E-state index in [1.54, 1.807) is 0 Å². The van der Waals surface area contributed by atoms with Gasteiger partial charge in [-0.15, -0.1) is 0 Å². The van der Waals surface area contributed by atoms with Crippen LogP contribution in [0.25, 0.3) is 99.2 Å². The summed E-state index contributed by atoms with van der Waals surface area (Å²) in [6.07, 6.45) is 0. The van der Waals surface area contributed by atoms with Crippen molar-refractivity contribution in [3.05, 3.63) is 224 Å². The van der Waals surface area contributed by atoms with Crippen LogP contribution in [-0.4, -0.2) is 0 Å². The van der Waals surface area contributed by atoms with Crippen molar-refractivity contribution in [3.8, 4) is 44.5 Å². The normalized spacial score (nSPS) is 11.6. The Kier molecular flexibility index (Phi) is 8.17. The minimum Gasteiger partial charge on any atom is -0.455 e. The molecule has 3 heteroatoms. The summed E-state index contributed by atoms with van der Waals surface area (Å²) in [5.74, 6) is 0. The Morgan fingerprint density at radius 1 is 0.279 bits per heavy atom. The average molecular weight is 780 g/mol. The van der Waals surface area contributed by atoms with Gasteiger partial charge in [0.25, 0.3) is 0 Å². The highest BCUT2D eigenvalue weighted by Gasteiger charge is 2.23. The zero-order valence-corrected chi connectivity index (χ0v) is 33.1. The zero-order chi connectivity index (χ0) is 40.3. The van der Waals surface area contributed by atoms with Gasteiger partial charge in [0.1, 0.15) is 22.3 Å². The molecule has 12 aromatic rings. The standard InChI is InChI=1S/C58H37NO2/c1-3-14-38(15-4-1)40-28-30-41(31-29-40)46-23-13-27-55-56(46)52-37-53(48-20-7-8-22-50(48)58(52)61-55)59(45-19-11-18-43(36-45)39-16-5-2-6-17-39)44-34-32-42(33-35-44)47-24-12-25-51-49-21-9-10-26-54(49)60-57(47)51/h1-37H. The molecule has 12 rings (SSSR count). The van der Waals surface area contributed by atoms with Crippen molar-refractivity contribution in [1.29, 1.82) is 0 Å². The van der Waals surface area contributed by atoms with E-state index in [-0.39, 0.29) is 0 Å². The van der Waals surface area contributed by atoms with Crippen LogP contribution in [0.15, 0.2) is 233 Å². The summed E-state index contributed by atoms with van der Waals surface area (Å²) in [6, 6.07) is 79.8. The Morgan fingerprint density at radius 3 is 1.57 bits per heavy atom. The summed E-state index contributed by atoms with van der Waals surface area (Å²) >= 11 is 0. The Hall–Kier alpha value is -8.14. The average Bonchev–Trinajstić information content (AvgIpc) is 3.92. The molecule has 2 aromatic heterocycles. The van der Waals surface area contributed by atoms with Gasteiger partial charge in [0.15, 0.2) is 0 Å². The van der Waals surface area contributed by atoms with Gasteiger partial charge in [-0.25, -0.2) is 0 Å². The van der Waals surface area contributed by atoms with Crippen molar-refractivity contribution in [3.63, 3.8) is 0 Å². The highest BCUT2D eigenvalue weighted by atomic mass is 16.3. The highest BCUT2D eigenvalue weighted by Crippen LogP contribution is 2.47. The highest BCUT2D eigenvalue weighted by molar-refractivity contribution is 6.22. The molecule has 0 N–H and O–H groups in total. The lowest BCUT2D eigenvalue weighted by molar-refractivity contribution is 0.670. The largest absolute Gasteiger partial charge is 0.455 e. The maximum Gasteiger partial charge on any atom is 0.143 e. The Bertz CT molecular complexity index is 3560. The van der Waals surface area contributed by atoms with Crippen LogP contribution in [0.1, 0.15) is 0 Å². The number of anilines is 3. The van der Waals surface area contributed by atoms with E-state index >= 15 is 0 Å². The third kappa shape index (κ3) is 5.90. The molecule has 10 aromatic carbocycles. The van der Waals surface area contributed by atoms with E-state index < -0.39 is 0 Å². The summed E-state index contributed by atoms with van der Waals surface area (Å²) in [7, 11) is 0. The Balaban J connectivity index is 1.06. The van der Waals surface area contributed by atoms with Crippen LogP contribution >= 0.6 is 0 Å². The molecule has 0 unspecified atom stereocenters. The van der Waals surface area contributed by atoms with E-state index in [0.29, 0.717) is 0 Å². The lowest BCUT2D eigenvalue weighted by Gasteiger charge is -2.28. The van der Waals surface area contributed by atoms with E-state index in [4.69, 9.17) is 8.83 Å². The van der Waals surface area contributed by atoms with E-state index in [1.807, 2.05) is 12.1 Å². The number of hydrogen-bond acceptors (Lipinski definition) is 3. The molecule has 0 radical (unpaired) electrons. The van der Waals surface area contributed by atoms with Gasteiger partial charge in [-0.3, -0.25) is 0 Å². The maximum absolute atomic E-state index is 6.84. The monoisotopic (exact) mass is 779 g/mol. The predicted molar refractivity (Wildman–Crippen MR) is 255 cm³/mol. The summed E-state index contributed by atoms with van der Waals surface area (Å²) in [5, 5.41) is 6.59. The molecule has 3 nitrogen and oxygen atoms in total. The zero-order valence-electron chi connectivity index (χ0n) is 33.1. The number of hydrogen-bond donors (Lipinski definition) is 0. The molecule has 0 spiro atoms. The summed E-state index contributed by atoms with van der Waals surface area (Å²) < 4.78 is 13.3. The number of benzene rings is 10. The number of furan rings is 2. The molecule has 2 heterocycles. The fourth-order valence-corrected chi connectivity index (χ4v) is 9.17. The lowest BCUT2D eigenvalue weighted by Crippen LogP contribution is -2.10. The topological polar surface area (TPSA) is 29.5 Å². The van der Waals surface area contributed by atoms with Gasteiger partial charge >= 0.3 is 0 Å². The molecule has 0 saturated heterocycles. The molecule has 0 bridgehead atoms. The van der Waals surface area contributed by atoms with Crippen molar-refractivity contribution < 1.29 is 8.83 Å². The minimum atomic E-state index is 0.865. The van der Waals surface area contributed by atoms with Crippen LogP contribution in [0.3, 0.4) is 0 Å². The van der Waals surface area contributed by atoms with Crippen LogP contribution in [0.5, 0.6) is 0 Å². The second kappa shape index (κ2) is 14.3. The molecule has 0 aliphatic heterocycles. The van der Waals surface area contributed by atoms with Crippen molar-refractivity contribution in [2.24, 2.45) is 0 Å². The molecule has 61 heavy (non-hydrogen) atoms. The van der Waals surface area contributed by atoms with Crippen molar-refractivity contribution in [1.82, 2.24) is 0 Å². The van der Waals surface area contributed by atoms with Crippen LogP contribution < -0.4 is 4.90 Å². The van der Waals surface area contributed by atoms with E-state index in [1.165, 1.54) is 16.7 Å². The van der Waals surface area contributed by atoms with Gasteiger partial charge in [-0.1, -0.05) is 182 Å². The van der Waals surface area contributed by atoms with Crippen molar-refractivity contribution in [2.75, 3.05) is 4.90 Å². The number of para-hydroxylation sites is 2. The van der Waals surface area contributed by atoms with Crippen molar-refractivity contribution in [2.45, 2.75) is 0 Å². The molecule has 0 saturated carbocycles. The fraction of sp³-hybridized carbons (Fsp3) is 0. The first-order chi connectivity index (χ1) is 30.2. The van der Waals surface area contributed by atoms with Gasteiger partial charge in [-0.2, -0.15) is 0 Å². The molecule has 286 valence electrons. The first-order valence-corrected chi connectivity index (χ1v) is 20.7. The molecule has 0 amide bonds. The molecule has 0 aliphatic carbocycles. The number of rotatable bonds is 7. The van der Waals surface area contributed by atoms with E-state index in [2.05, 4.69) is 217 Å². The SMILES string of the molecule is c1ccc(-c2ccc(-c3cccc4oc5c6ccccc6c(N(c6ccc(-c7cccc8c7oc7ccccc78)cc6)c6cccc(-c7ccccc7)c6)cc5c34)cc2)cc1. The van der Waals surface area contributed by atoms with Crippen LogP contribution in [0.2, 0.25) is 0 Å². The van der Waals surface area contributed by atoms with E-state index in [0.717, 1.165) is 99.5 Å². The Morgan fingerprint density at radius 2 is 0.787 bits per heavy atom. The fourth-order valence-electron chi connectivity index (χ4n) is 9.17. The third-order valence-electron chi connectivity index (χ3n) is 12.1. The quantitative estimate of drug-likeness (QED) is 0.161. The molecular formula is C58H37NO2. The first kappa shape index (κ1) is 34.9. The first-order valence-electron chi connectivity index (χ1n) is 20.7. The summed E-state index contributed by atoms with van der Waals surface area (Å²) in [4.78, 5) is 2.40. The van der Waals surface area contributed by atoms with Crippen LogP contribution in [0.4, 0.5) is 17.1 Å². The van der Waals surface area contributed by atoms with E-state index in [9.17, 15) is 0 Å². The molecular weight excluding hydrogens is 743 g/mol. The smallest absolute Gasteiger partial charge is 0.143 e. The second-order valence-electron chi connectivity index (χ2n) is 15.6. The minimum absolute atomic E-state index is 0.865. The third-order valence-corrected chi connectivity index (χ3v) is 12.1. The number of nitrogens with zero attached hydrogens (tertiary/aromatic N) is 1. The summed E-state index contributed by atoms with van der Waals surface area (Å²) in [6.45, 7) is 0. The van der Waals surface area contributed by atoms with Gasteiger partial charge in [0, 0.05) is 49.3 Å². The second-order valence-corrected chi connectivity index (χ2v) is 15.6. The van der Waals surface area contributed by atoms with Gasteiger partial charge in [-0.05, 0) is 81.4 Å². The Labute approximate surface area is 353 Å². The van der Waals surface area contributed by atoms with Crippen LogP contribution in [-0.2, 0) is 0 Å². The van der Waals surface area contributed by atoms with Crippen molar-refractivity contribution >= 4 is 71.7 Å². The molecule has 0 atom stereocenters. The number of fused-ring (bicyclic) bond motifs is 8. The van der Waals surface area contributed by atoms with Gasteiger partial charge < -0.3 is 13.7 Å². The maximum atomic E-state index is 6.84. The molecule has 0 aliphatic rings. The molecule has 0 fully saturated rings. The lowest BCUT2D eigenvalue weighted by atomic mass is 9.95.